The maximum Gasteiger partial charge on any atom is 0.433 e. The third kappa shape index (κ3) is 3.73. The Morgan fingerprint density at radius 2 is 2.00 bits per heavy atom. The zero-order valence-corrected chi connectivity index (χ0v) is 13.8. The van der Waals surface area contributed by atoms with E-state index < -0.39 is 22.9 Å². The summed E-state index contributed by atoms with van der Waals surface area (Å²) < 4.78 is 38.6. The number of halogens is 4. The lowest BCUT2D eigenvalue weighted by molar-refractivity contribution is -0.141. The van der Waals surface area contributed by atoms with E-state index in [9.17, 15) is 18.0 Å². The first-order valence-corrected chi connectivity index (χ1v) is 8.03. The maximum absolute atomic E-state index is 12.6. The summed E-state index contributed by atoms with van der Waals surface area (Å²) in [6.45, 7) is -0.187. The van der Waals surface area contributed by atoms with Gasteiger partial charge in [0.15, 0.2) is 0 Å². The molecule has 3 aromatic rings. The van der Waals surface area contributed by atoms with Gasteiger partial charge in [-0.15, -0.1) is 11.3 Å². The highest BCUT2D eigenvalue weighted by atomic mass is 35.5. The van der Waals surface area contributed by atoms with Crippen molar-refractivity contribution in [2.24, 2.45) is 0 Å². The lowest BCUT2D eigenvalue weighted by Gasteiger charge is -2.09. The number of carbonyl (C=O) groups excluding carboxylic acids is 1. The van der Waals surface area contributed by atoms with Crippen molar-refractivity contribution < 1.29 is 23.1 Å². The average Bonchev–Trinajstić information content (AvgIpc) is 2.96. The minimum absolute atomic E-state index is 0.177. The molecule has 0 aliphatic carbocycles. The van der Waals surface area contributed by atoms with Gasteiger partial charge < -0.3 is 10.4 Å². The predicted molar refractivity (Wildman–Crippen MR) is 87.7 cm³/mol. The van der Waals surface area contributed by atoms with Crippen molar-refractivity contribution in [2.45, 2.75) is 12.8 Å². The molecule has 0 atom stereocenters. The third-order valence-electron chi connectivity index (χ3n) is 3.21. The Morgan fingerprint density at radius 1 is 1.24 bits per heavy atom. The number of aliphatic hydroxyl groups excluding tert-OH is 1. The minimum Gasteiger partial charge on any atom is -0.389 e. The summed E-state index contributed by atoms with van der Waals surface area (Å²) >= 11 is 7.02. The van der Waals surface area contributed by atoms with Crippen molar-refractivity contribution in [3.05, 3.63) is 51.7 Å². The molecule has 0 saturated heterocycles. The van der Waals surface area contributed by atoms with E-state index in [-0.39, 0.29) is 12.2 Å². The van der Waals surface area contributed by atoms with Crippen LogP contribution in [-0.2, 0) is 12.8 Å². The van der Waals surface area contributed by atoms with Gasteiger partial charge in [0, 0.05) is 5.69 Å². The van der Waals surface area contributed by atoms with Crippen LogP contribution in [0.4, 0.5) is 18.9 Å². The van der Waals surface area contributed by atoms with Crippen molar-refractivity contribution in [2.75, 3.05) is 5.32 Å². The number of fused-ring (bicyclic) bond motifs is 1. The number of thiazole rings is 1. The van der Waals surface area contributed by atoms with Gasteiger partial charge in [0.1, 0.15) is 15.9 Å². The number of anilines is 1. The number of amides is 1. The van der Waals surface area contributed by atoms with Gasteiger partial charge in [0.05, 0.1) is 22.4 Å². The number of nitrogens with one attached hydrogen (secondary N) is 1. The molecule has 1 aromatic carbocycles. The van der Waals surface area contributed by atoms with Gasteiger partial charge in [0.2, 0.25) is 0 Å². The third-order valence-corrected chi connectivity index (χ3v) is 4.52. The first-order chi connectivity index (χ1) is 11.8. The van der Waals surface area contributed by atoms with Gasteiger partial charge in [-0.3, -0.25) is 4.79 Å². The molecule has 10 heteroatoms. The van der Waals surface area contributed by atoms with Crippen LogP contribution < -0.4 is 5.32 Å². The van der Waals surface area contributed by atoms with Crippen LogP contribution in [0.3, 0.4) is 0 Å². The van der Waals surface area contributed by atoms with Crippen LogP contribution in [0.15, 0.2) is 30.3 Å². The molecule has 0 aliphatic heterocycles. The van der Waals surface area contributed by atoms with Crippen molar-refractivity contribution in [1.29, 1.82) is 0 Å². The number of carbonyl (C=O) groups is 1. The number of benzene rings is 1. The molecule has 0 fully saturated rings. The number of aliphatic hydroxyl groups is 1. The second-order valence-corrected chi connectivity index (χ2v) is 6.41. The average molecular weight is 388 g/mol. The lowest BCUT2D eigenvalue weighted by atomic mass is 10.2. The Balaban J connectivity index is 1.84. The molecule has 0 radical (unpaired) electrons. The summed E-state index contributed by atoms with van der Waals surface area (Å²) in [7, 11) is 0. The highest BCUT2D eigenvalue weighted by Crippen LogP contribution is 2.30. The molecular weight excluding hydrogens is 379 g/mol. The summed E-state index contributed by atoms with van der Waals surface area (Å²) in [4.78, 5) is 19.6. The smallest absolute Gasteiger partial charge is 0.389 e. The van der Waals surface area contributed by atoms with Gasteiger partial charge in [-0.05, 0) is 30.3 Å². The van der Waals surface area contributed by atoms with Crippen molar-refractivity contribution >= 4 is 44.7 Å². The zero-order chi connectivity index (χ0) is 18.2. The molecule has 1 amide bonds. The molecule has 2 heterocycles. The van der Waals surface area contributed by atoms with Crippen molar-refractivity contribution in [3.63, 3.8) is 0 Å². The molecule has 0 bridgehead atoms. The Hall–Kier alpha value is -2.23. The van der Waals surface area contributed by atoms with Crippen LogP contribution in [0.25, 0.3) is 10.2 Å². The Labute approximate surface area is 148 Å². The molecule has 0 spiro atoms. The fraction of sp³-hybridized carbons (Fsp3) is 0.133. The van der Waals surface area contributed by atoms with Crippen LogP contribution in [-0.4, -0.2) is 21.0 Å². The number of nitrogens with zero attached hydrogens (tertiary/aromatic N) is 2. The molecule has 2 N–H and O–H groups in total. The standard InChI is InChI=1S/C15H9ClF3N3O2S/c16-13-8(2-4-11(22-13)15(17,18)19)14(24)20-7-1-3-10-9(5-7)21-12(6-23)25-10/h1-5,23H,6H2,(H,20,24). The Kier molecular flexibility index (Phi) is 4.63. The highest BCUT2D eigenvalue weighted by molar-refractivity contribution is 7.18. The largest absolute Gasteiger partial charge is 0.433 e. The van der Waals surface area contributed by atoms with Crippen LogP contribution in [0.1, 0.15) is 21.1 Å². The fourth-order valence-electron chi connectivity index (χ4n) is 2.08. The number of pyridine rings is 1. The van der Waals surface area contributed by atoms with Crippen LogP contribution in [0.5, 0.6) is 0 Å². The van der Waals surface area contributed by atoms with E-state index in [1.54, 1.807) is 18.2 Å². The van der Waals surface area contributed by atoms with Gasteiger partial charge in [0.25, 0.3) is 5.91 Å². The summed E-state index contributed by atoms with van der Waals surface area (Å²) in [6.07, 6.45) is -4.64. The molecule has 3 rings (SSSR count). The van der Waals surface area contributed by atoms with E-state index in [0.29, 0.717) is 22.3 Å². The summed E-state index contributed by atoms with van der Waals surface area (Å²) in [5, 5.41) is 11.6. The zero-order valence-electron chi connectivity index (χ0n) is 12.3. The van der Waals surface area contributed by atoms with E-state index >= 15 is 0 Å². The van der Waals surface area contributed by atoms with Crippen molar-refractivity contribution in [1.82, 2.24) is 9.97 Å². The molecule has 0 unspecified atom stereocenters. The summed E-state index contributed by atoms with van der Waals surface area (Å²) in [5.41, 5.74) is -0.370. The van der Waals surface area contributed by atoms with Gasteiger partial charge in [-0.25, -0.2) is 9.97 Å². The number of hydrogen-bond donors (Lipinski definition) is 2. The first-order valence-electron chi connectivity index (χ1n) is 6.83. The topological polar surface area (TPSA) is 75.1 Å². The minimum atomic E-state index is -4.64. The van der Waals surface area contributed by atoms with Gasteiger partial charge in [-0.2, -0.15) is 13.2 Å². The molecule has 130 valence electrons. The van der Waals surface area contributed by atoms with Crippen LogP contribution in [0, 0.1) is 0 Å². The van der Waals surface area contributed by atoms with Crippen molar-refractivity contribution in [3.8, 4) is 0 Å². The Morgan fingerprint density at radius 3 is 2.64 bits per heavy atom. The quantitative estimate of drug-likeness (QED) is 0.663. The highest BCUT2D eigenvalue weighted by Gasteiger charge is 2.33. The molecule has 5 nitrogen and oxygen atoms in total. The van der Waals surface area contributed by atoms with E-state index in [2.05, 4.69) is 15.3 Å². The fourth-order valence-corrected chi connectivity index (χ4v) is 3.13. The SMILES string of the molecule is O=C(Nc1ccc2sc(CO)nc2c1)c1ccc(C(F)(F)F)nc1Cl. The van der Waals surface area contributed by atoms with Gasteiger partial charge in [-0.1, -0.05) is 11.6 Å². The van der Waals surface area contributed by atoms with Gasteiger partial charge >= 0.3 is 6.18 Å². The van der Waals surface area contributed by atoms with E-state index in [0.717, 1.165) is 10.8 Å². The first kappa shape index (κ1) is 17.6. The molecule has 0 aliphatic rings. The van der Waals surface area contributed by atoms with Crippen LogP contribution >= 0.6 is 22.9 Å². The monoisotopic (exact) mass is 387 g/mol. The number of rotatable bonds is 3. The van der Waals surface area contributed by atoms with E-state index in [1.807, 2.05) is 0 Å². The predicted octanol–water partition coefficient (Wildman–Crippen LogP) is 4.11. The van der Waals surface area contributed by atoms with Crippen LogP contribution in [0.2, 0.25) is 5.15 Å². The normalized spacial score (nSPS) is 11.7. The summed E-state index contributed by atoms with van der Waals surface area (Å²) in [6, 6.07) is 6.59. The number of aromatic nitrogens is 2. The molecule has 0 saturated carbocycles. The Bertz CT molecular complexity index is 959. The molecular formula is C15H9ClF3N3O2S. The number of alkyl halides is 3. The second kappa shape index (κ2) is 6.58. The van der Waals surface area contributed by atoms with E-state index in [1.165, 1.54) is 11.3 Å². The maximum atomic E-state index is 12.6. The number of hydrogen-bond acceptors (Lipinski definition) is 5. The molecule has 25 heavy (non-hydrogen) atoms. The lowest BCUT2D eigenvalue weighted by Crippen LogP contribution is -2.15. The van der Waals surface area contributed by atoms with E-state index in [4.69, 9.17) is 16.7 Å². The molecule has 2 aromatic heterocycles. The summed E-state index contributed by atoms with van der Waals surface area (Å²) in [5.74, 6) is -0.691. The second-order valence-electron chi connectivity index (χ2n) is 4.93.